The Bertz CT molecular complexity index is 818. The Morgan fingerprint density at radius 3 is 2.68 bits per heavy atom. The molecule has 130 valence electrons. The summed E-state index contributed by atoms with van der Waals surface area (Å²) in [6.45, 7) is 3.32. The van der Waals surface area contributed by atoms with Crippen molar-refractivity contribution in [3.05, 3.63) is 47.5 Å². The summed E-state index contributed by atoms with van der Waals surface area (Å²) < 4.78 is 11.0. The molecule has 2 N–H and O–H groups in total. The number of rotatable bonds is 4. The lowest BCUT2D eigenvalue weighted by Gasteiger charge is -2.26. The zero-order valence-electron chi connectivity index (χ0n) is 13.8. The van der Waals surface area contributed by atoms with E-state index in [1.165, 1.54) is 0 Å². The number of benzene rings is 2. The Hall–Kier alpha value is -2.73. The summed E-state index contributed by atoms with van der Waals surface area (Å²) in [6.07, 6.45) is 0. The van der Waals surface area contributed by atoms with E-state index in [4.69, 9.17) is 21.1 Å². The fourth-order valence-electron chi connectivity index (χ4n) is 2.29. The second kappa shape index (κ2) is 6.64. The first-order valence-electron chi connectivity index (χ1n) is 7.66. The summed E-state index contributed by atoms with van der Waals surface area (Å²) in [5.74, 6) is 0.540. The number of carbonyl (C=O) groups excluding carboxylic acids is 2. The predicted molar refractivity (Wildman–Crippen MR) is 95.4 cm³/mol. The van der Waals surface area contributed by atoms with Crippen LogP contribution < -0.4 is 20.1 Å². The van der Waals surface area contributed by atoms with Crippen LogP contribution in [-0.2, 0) is 9.59 Å². The van der Waals surface area contributed by atoms with Crippen molar-refractivity contribution in [1.29, 1.82) is 0 Å². The largest absolute Gasteiger partial charge is 0.482 e. The number of carbonyl (C=O) groups is 2. The van der Waals surface area contributed by atoms with Crippen LogP contribution in [0.3, 0.4) is 0 Å². The normalized spacial score (nSPS) is 13.3. The molecule has 1 heterocycles. The second-order valence-electron chi connectivity index (χ2n) is 6.07. The minimum atomic E-state index is -1.11. The van der Waals surface area contributed by atoms with Gasteiger partial charge in [0.25, 0.3) is 11.8 Å². The van der Waals surface area contributed by atoms with Gasteiger partial charge in [-0.15, -0.1) is 0 Å². The number of nitrogens with one attached hydrogen (secondary N) is 2. The lowest BCUT2D eigenvalue weighted by atomic mass is 10.1. The highest BCUT2D eigenvalue weighted by Crippen LogP contribution is 2.31. The highest BCUT2D eigenvalue weighted by atomic mass is 35.5. The maximum Gasteiger partial charge on any atom is 0.267 e. The molecule has 0 bridgehead atoms. The molecule has 3 rings (SSSR count). The SMILES string of the molecule is CC(C)(Oc1ccc(Cl)cc1)C(=O)Nc1ccc2c(c1)NC(=O)CO2. The van der Waals surface area contributed by atoms with E-state index in [1.54, 1.807) is 56.3 Å². The Balaban J connectivity index is 1.71. The Labute approximate surface area is 150 Å². The quantitative estimate of drug-likeness (QED) is 0.875. The number of hydrogen-bond acceptors (Lipinski definition) is 4. The lowest BCUT2D eigenvalue weighted by Crippen LogP contribution is -2.42. The summed E-state index contributed by atoms with van der Waals surface area (Å²) in [7, 11) is 0. The maximum atomic E-state index is 12.6. The van der Waals surface area contributed by atoms with Crippen molar-refractivity contribution in [2.45, 2.75) is 19.4 Å². The van der Waals surface area contributed by atoms with Crippen LogP contribution in [0.4, 0.5) is 11.4 Å². The van der Waals surface area contributed by atoms with Crippen molar-refractivity contribution in [2.75, 3.05) is 17.2 Å². The average Bonchev–Trinajstić information content (AvgIpc) is 2.56. The van der Waals surface area contributed by atoms with Crippen molar-refractivity contribution in [3.63, 3.8) is 0 Å². The molecule has 0 unspecified atom stereocenters. The predicted octanol–water partition coefficient (Wildman–Crippen LogP) is 3.47. The molecule has 0 spiro atoms. The number of fused-ring (bicyclic) bond motifs is 1. The van der Waals surface area contributed by atoms with E-state index < -0.39 is 5.60 Å². The van der Waals surface area contributed by atoms with Crippen molar-refractivity contribution in [2.24, 2.45) is 0 Å². The van der Waals surface area contributed by atoms with Crippen molar-refractivity contribution in [1.82, 2.24) is 0 Å². The summed E-state index contributed by atoms with van der Waals surface area (Å²) >= 11 is 5.85. The van der Waals surface area contributed by atoms with Gasteiger partial charge in [0.2, 0.25) is 0 Å². The maximum absolute atomic E-state index is 12.6. The molecule has 0 saturated heterocycles. The van der Waals surface area contributed by atoms with Crippen LogP contribution in [0.2, 0.25) is 5.02 Å². The molecule has 2 aromatic rings. The first-order chi connectivity index (χ1) is 11.8. The van der Waals surface area contributed by atoms with Gasteiger partial charge in [-0.3, -0.25) is 9.59 Å². The smallest absolute Gasteiger partial charge is 0.267 e. The topological polar surface area (TPSA) is 76.7 Å². The Morgan fingerprint density at radius 1 is 1.24 bits per heavy atom. The molecular weight excluding hydrogens is 344 g/mol. The van der Waals surface area contributed by atoms with Crippen molar-refractivity contribution in [3.8, 4) is 11.5 Å². The van der Waals surface area contributed by atoms with Gasteiger partial charge in [0.15, 0.2) is 12.2 Å². The van der Waals surface area contributed by atoms with Gasteiger partial charge in [-0.2, -0.15) is 0 Å². The van der Waals surface area contributed by atoms with Gasteiger partial charge in [-0.05, 0) is 56.3 Å². The van der Waals surface area contributed by atoms with E-state index >= 15 is 0 Å². The fourth-order valence-corrected chi connectivity index (χ4v) is 2.41. The minimum Gasteiger partial charge on any atom is -0.482 e. The van der Waals surface area contributed by atoms with Crippen molar-refractivity contribution >= 4 is 34.8 Å². The van der Waals surface area contributed by atoms with Crippen LogP contribution in [0, 0.1) is 0 Å². The van der Waals surface area contributed by atoms with Gasteiger partial charge in [0.05, 0.1) is 5.69 Å². The van der Waals surface area contributed by atoms with E-state index in [0.29, 0.717) is 27.9 Å². The average molecular weight is 361 g/mol. The Morgan fingerprint density at radius 2 is 1.96 bits per heavy atom. The summed E-state index contributed by atoms with van der Waals surface area (Å²) in [4.78, 5) is 23.9. The van der Waals surface area contributed by atoms with Crippen LogP contribution in [-0.4, -0.2) is 24.0 Å². The van der Waals surface area contributed by atoms with E-state index in [1.807, 2.05) is 0 Å². The standard InChI is InChI=1S/C18H17ClN2O4/c1-18(2,25-13-6-3-11(19)4-7-13)17(23)20-12-5-8-15-14(9-12)21-16(22)10-24-15/h3-9H,10H2,1-2H3,(H,20,23)(H,21,22). The third kappa shape index (κ3) is 4.03. The third-order valence-corrected chi connectivity index (χ3v) is 3.86. The number of anilines is 2. The molecule has 2 aromatic carbocycles. The molecule has 0 radical (unpaired) electrons. The number of amides is 2. The molecule has 0 fully saturated rings. The number of halogens is 1. The Kier molecular flexibility index (Phi) is 4.55. The molecule has 2 amide bonds. The van der Waals surface area contributed by atoms with Gasteiger partial charge >= 0.3 is 0 Å². The summed E-state index contributed by atoms with van der Waals surface area (Å²) in [5, 5.41) is 6.07. The van der Waals surface area contributed by atoms with Gasteiger partial charge in [0, 0.05) is 10.7 Å². The monoisotopic (exact) mass is 360 g/mol. The fraction of sp³-hybridized carbons (Fsp3) is 0.222. The van der Waals surface area contributed by atoms with E-state index in [-0.39, 0.29) is 18.4 Å². The molecular formula is C18H17ClN2O4. The highest BCUT2D eigenvalue weighted by Gasteiger charge is 2.30. The van der Waals surface area contributed by atoms with Crippen LogP contribution >= 0.6 is 11.6 Å². The minimum absolute atomic E-state index is 0.0132. The second-order valence-corrected chi connectivity index (χ2v) is 6.50. The van der Waals surface area contributed by atoms with Crippen LogP contribution in [0.15, 0.2) is 42.5 Å². The zero-order chi connectivity index (χ0) is 18.0. The number of hydrogen-bond donors (Lipinski definition) is 2. The molecule has 0 aromatic heterocycles. The third-order valence-electron chi connectivity index (χ3n) is 3.60. The van der Waals surface area contributed by atoms with Gasteiger partial charge in [-0.25, -0.2) is 0 Å². The first kappa shape index (κ1) is 17.1. The van der Waals surface area contributed by atoms with Crippen LogP contribution in [0.5, 0.6) is 11.5 Å². The lowest BCUT2D eigenvalue weighted by molar-refractivity contribution is -0.128. The van der Waals surface area contributed by atoms with Crippen LogP contribution in [0.25, 0.3) is 0 Å². The molecule has 25 heavy (non-hydrogen) atoms. The molecule has 7 heteroatoms. The van der Waals surface area contributed by atoms with E-state index in [2.05, 4.69) is 10.6 Å². The molecule has 1 aliphatic rings. The molecule has 0 atom stereocenters. The van der Waals surface area contributed by atoms with E-state index in [9.17, 15) is 9.59 Å². The highest BCUT2D eigenvalue weighted by molar-refractivity contribution is 6.30. The van der Waals surface area contributed by atoms with Gasteiger partial charge < -0.3 is 20.1 Å². The zero-order valence-corrected chi connectivity index (χ0v) is 14.5. The molecule has 0 aliphatic carbocycles. The summed E-state index contributed by atoms with van der Waals surface area (Å²) in [5.41, 5.74) is -0.0588. The van der Waals surface area contributed by atoms with Gasteiger partial charge in [0.1, 0.15) is 11.5 Å². The molecule has 0 saturated carbocycles. The van der Waals surface area contributed by atoms with Crippen molar-refractivity contribution < 1.29 is 19.1 Å². The van der Waals surface area contributed by atoms with Crippen LogP contribution in [0.1, 0.15) is 13.8 Å². The van der Waals surface area contributed by atoms with Gasteiger partial charge in [-0.1, -0.05) is 11.6 Å². The first-order valence-corrected chi connectivity index (χ1v) is 8.04. The number of ether oxygens (including phenoxy) is 2. The molecule has 6 nitrogen and oxygen atoms in total. The molecule has 1 aliphatic heterocycles. The van der Waals surface area contributed by atoms with E-state index in [0.717, 1.165) is 0 Å². The summed E-state index contributed by atoms with van der Waals surface area (Å²) in [6, 6.07) is 11.8.